The third kappa shape index (κ3) is 3.66. The van der Waals surface area contributed by atoms with Gasteiger partial charge in [0.1, 0.15) is 0 Å². The summed E-state index contributed by atoms with van der Waals surface area (Å²) in [6.07, 6.45) is 5.93. The molecule has 0 atom stereocenters. The maximum atomic E-state index is 12.4. The van der Waals surface area contributed by atoms with Gasteiger partial charge in [0, 0.05) is 29.9 Å². The quantitative estimate of drug-likeness (QED) is 0.647. The van der Waals surface area contributed by atoms with Crippen molar-refractivity contribution in [3.63, 3.8) is 0 Å². The zero-order valence-corrected chi connectivity index (χ0v) is 15.2. The van der Waals surface area contributed by atoms with Crippen LogP contribution in [0.1, 0.15) is 33.2 Å². The molecular weight excluding hydrogens is 358 g/mol. The molecule has 1 aliphatic carbocycles. The van der Waals surface area contributed by atoms with Gasteiger partial charge in [0.15, 0.2) is 5.75 Å². The van der Waals surface area contributed by atoms with Gasteiger partial charge in [-0.3, -0.25) is 9.78 Å². The molecule has 1 aliphatic rings. The number of nitrogens with zero attached hydrogens (tertiary/aromatic N) is 3. The maximum Gasteiger partial charge on any atom is 0.254 e. The topological polar surface area (TPSA) is 102 Å². The fraction of sp³-hybridized carbons (Fsp3) is 0.300. The smallest absolute Gasteiger partial charge is 0.254 e. The molecule has 8 heteroatoms. The largest absolute Gasteiger partial charge is 0.494 e. The molecule has 0 radical (unpaired) electrons. The summed E-state index contributed by atoms with van der Waals surface area (Å²) in [4.78, 5) is 20.8. The molecule has 2 N–H and O–H groups in total. The van der Waals surface area contributed by atoms with E-state index >= 15 is 0 Å². The number of methoxy groups -OCH3 is 1. The van der Waals surface area contributed by atoms with E-state index in [0.29, 0.717) is 40.3 Å². The Kier molecular flexibility index (Phi) is 4.01. The van der Waals surface area contributed by atoms with Gasteiger partial charge in [-0.2, -0.15) is 4.98 Å². The lowest BCUT2D eigenvalue weighted by Crippen LogP contribution is -2.19. The number of benzene rings is 1. The molecule has 0 saturated heterocycles. The molecule has 1 saturated carbocycles. The molecule has 144 valence electrons. The van der Waals surface area contributed by atoms with Crippen LogP contribution in [0.2, 0.25) is 0 Å². The van der Waals surface area contributed by atoms with Crippen LogP contribution in [0.25, 0.3) is 11.4 Å². The number of pyridine rings is 1. The van der Waals surface area contributed by atoms with Crippen molar-refractivity contribution in [1.29, 1.82) is 0 Å². The molecule has 2 heterocycles. The second-order valence-electron chi connectivity index (χ2n) is 6.55. The average molecular weight is 382 g/mol. The average Bonchev–Trinajstić information content (AvgIpc) is 3.41. The number of para-hydroxylation sites is 1. The van der Waals surface area contributed by atoms with E-state index in [2.05, 4.69) is 20.4 Å². The van der Waals surface area contributed by atoms with Gasteiger partial charge in [0.2, 0.25) is 11.7 Å². The fourth-order valence-electron chi connectivity index (χ4n) is 2.94. The minimum absolute atomic E-state index is 0.0809. The Bertz CT molecular complexity index is 1100. The van der Waals surface area contributed by atoms with Crippen molar-refractivity contribution in [3.8, 4) is 17.1 Å². The van der Waals surface area contributed by atoms with E-state index in [1.807, 2.05) is 11.4 Å². The van der Waals surface area contributed by atoms with Crippen LogP contribution in [0.4, 0.5) is 11.4 Å². The zero-order valence-electron chi connectivity index (χ0n) is 18.2. The van der Waals surface area contributed by atoms with E-state index in [4.69, 9.17) is 13.4 Å². The summed E-state index contributed by atoms with van der Waals surface area (Å²) in [5.74, 6) is 1.31. The number of nitrogens with one attached hydrogen (secondary N) is 2. The van der Waals surface area contributed by atoms with Crippen molar-refractivity contribution in [2.75, 3.05) is 19.4 Å². The second kappa shape index (κ2) is 7.67. The molecule has 1 aromatic carbocycles. The molecule has 1 amide bonds. The highest BCUT2D eigenvalue weighted by molar-refractivity contribution is 6.00. The Labute approximate surface area is 166 Å². The highest BCUT2D eigenvalue weighted by atomic mass is 16.5. The van der Waals surface area contributed by atoms with Gasteiger partial charge in [0.25, 0.3) is 5.91 Å². The molecule has 1 fully saturated rings. The highest BCUT2D eigenvalue weighted by Crippen LogP contribution is 2.38. The summed E-state index contributed by atoms with van der Waals surface area (Å²) in [6, 6.07) is 6.94. The summed E-state index contributed by atoms with van der Waals surface area (Å²) < 4.78 is 32.7. The summed E-state index contributed by atoms with van der Waals surface area (Å²) in [5, 5.41) is 9.17. The fourth-order valence-corrected chi connectivity index (χ4v) is 2.94. The van der Waals surface area contributed by atoms with Gasteiger partial charge in [0.05, 0.1) is 29.6 Å². The van der Waals surface area contributed by atoms with Crippen molar-refractivity contribution in [1.82, 2.24) is 20.4 Å². The van der Waals surface area contributed by atoms with Gasteiger partial charge in [-0.05, 0) is 37.0 Å². The van der Waals surface area contributed by atoms with Crippen LogP contribution in [0.5, 0.6) is 5.75 Å². The molecular formula is C20H21N5O3. The van der Waals surface area contributed by atoms with Crippen LogP contribution in [0, 0.1) is 5.92 Å². The number of hydrogen-bond acceptors (Lipinski definition) is 7. The van der Waals surface area contributed by atoms with Crippen molar-refractivity contribution >= 4 is 17.3 Å². The number of anilines is 2. The van der Waals surface area contributed by atoms with E-state index in [0.717, 1.165) is 6.42 Å². The molecule has 3 aromatic rings. The molecule has 2 aromatic heterocycles. The molecule has 0 bridgehead atoms. The SMILES string of the molecule is [2H]C([2H])([2H])NC(=O)c1cnccc1Nc1cccc(-c2noc(CC3CC3)n2)c1OC. The van der Waals surface area contributed by atoms with Crippen LogP contribution in [-0.4, -0.2) is 35.1 Å². The van der Waals surface area contributed by atoms with Crippen molar-refractivity contribution in [2.24, 2.45) is 5.92 Å². The van der Waals surface area contributed by atoms with E-state index in [1.54, 1.807) is 18.2 Å². The third-order valence-electron chi connectivity index (χ3n) is 4.54. The number of aromatic nitrogens is 3. The first-order valence-electron chi connectivity index (χ1n) is 10.4. The monoisotopic (exact) mass is 382 g/mol. The van der Waals surface area contributed by atoms with E-state index in [9.17, 15) is 4.79 Å². The number of rotatable bonds is 7. The van der Waals surface area contributed by atoms with E-state index in [1.165, 1.54) is 32.3 Å². The number of carbonyl (C=O) groups excluding carboxylic acids is 1. The molecule has 28 heavy (non-hydrogen) atoms. The Hall–Kier alpha value is -3.42. The molecule has 0 unspecified atom stereocenters. The Balaban J connectivity index is 1.63. The van der Waals surface area contributed by atoms with E-state index < -0.39 is 12.9 Å². The van der Waals surface area contributed by atoms with Crippen molar-refractivity contribution in [3.05, 3.63) is 48.1 Å². The first kappa shape index (κ1) is 14.6. The maximum absolute atomic E-state index is 12.4. The van der Waals surface area contributed by atoms with Gasteiger partial charge in [-0.25, -0.2) is 0 Å². The number of amides is 1. The first-order valence-corrected chi connectivity index (χ1v) is 8.87. The lowest BCUT2D eigenvalue weighted by Gasteiger charge is -2.15. The van der Waals surface area contributed by atoms with Crippen molar-refractivity contribution in [2.45, 2.75) is 19.3 Å². The van der Waals surface area contributed by atoms with Crippen LogP contribution in [0.3, 0.4) is 0 Å². The van der Waals surface area contributed by atoms with Crippen LogP contribution < -0.4 is 15.4 Å². The Morgan fingerprint density at radius 1 is 1.36 bits per heavy atom. The van der Waals surface area contributed by atoms with Crippen LogP contribution in [0.15, 0.2) is 41.2 Å². The number of ether oxygens (including phenoxy) is 1. The zero-order chi connectivity index (χ0) is 22.0. The lowest BCUT2D eigenvalue weighted by molar-refractivity contribution is 0.0963. The van der Waals surface area contributed by atoms with Gasteiger partial charge >= 0.3 is 0 Å². The lowest BCUT2D eigenvalue weighted by atomic mass is 10.1. The summed E-state index contributed by atoms with van der Waals surface area (Å²) >= 11 is 0. The molecule has 0 aliphatic heterocycles. The third-order valence-corrected chi connectivity index (χ3v) is 4.54. The summed E-state index contributed by atoms with van der Waals surface area (Å²) in [5.41, 5.74) is 1.62. The molecule has 4 rings (SSSR count). The summed E-state index contributed by atoms with van der Waals surface area (Å²) in [6.45, 7) is -2.61. The minimum atomic E-state index is -2.61. The van der Waals surface area contributed by atoms with Crippen LogP contribution >= 0.6 is 0 Å². The first-order chi connectivity index (χ1) is 14.8. The van der Waals surface area contributed by atoms with E-state index in [-0.39, 0.29) is 5.56 Å². The second-order valence-corrected chi connectivity index (χ2v) is 6.55. The van der Waals surface area contributed by atoms with Crippen LogP contribution in [-0.2, 0) is 6.42 Å². The predicted octanol–water partition coefficient (Wildman–Crippen LogP) is 3.20. The number of carbonyl (C=O) groups is 1. The normalized spacial score (nSPS) is 15.2. The predicted molar refractivity (Wildman–Crippen MR) is 104 cm³/mol. The molecule has 8 nitrogen and oxygen atoms in total. The van der Waals surface area contributed by atoms with Gasteiger partial charge < -0.3 is 19.9 Å². The molecule has 0 spiro atoms. The Morgan fingerprint density at radius 2 is 2.25 bits per heavy atom. The van der Waals surface area contributed by atoms with Crippen molar-refractivity contribution < 1.29 is 18.2 Å². The van der Waals surface area contributed by atoms with Gasteiger partial charge in [-0.1, -0.05) is 11.2 Å². The number of hydrogen-bond donors (Lipinski definition) is 2. The highest BCUT2D eigenvalue weighted by Gasteiger charge is 2.25. The Morgan fingerprint density at radius 3 is 3.04 bits per heavy atom. The van der Waals surface area contributed by atoms with Gasteiger partial charge in [-0.15, -0.1) is 0 Å². The standard InChI is InChI=1S/C20H21N5O3/c1-21-20(26)14-11-22-9-8-15(14)23-16-5-3-4-13(18(16)27-2)19-24-17(28-25-19)10-12-6-7-12/h3-5,8-9,11-12H,6-7,10H2,1-2H3,(H,21,26)(H,22,23)/i1D3. The minimum Gasteiger partial charge on any atom is -0.494 e. The summed E-state index contributed by atoms with van der Waals surface area (Å²) in [7, 11) is 1.52.